The molecule has 3 rings (SSSR count). The van der Waals surface area contributed by atoms with Crippen molar-refractivity contribution in [2.75, 3.05) is 12.3 Å². The molecule has 1 unspecified atom stereocenters. The van der Waals surface area contributed by atoms with Gasteiger partial charge in [-0.1, -0.05) is 0 Å². The van der Waals surface area contributed by atoms with E-state index in [0.717, 1.165) is 31.4 Å². The number of hydrogen-bond donors (Lipinski definition) is 4. The van der Waals surface area contributed by atoms with Gasteiger partial charge in [0.15, 0.2) is 5.69 Å². The van der Waals surface area contributed by atoms with Crippen LogP contribution in [0.1, 0.15) is 47.8 Å². The van der Waals surface area contributed by atoms with Crippen molar-refractivity contribution in [3.63, 3.8) is 0 Å². The van der Waals surface area contributed by atoms with Crippen LogP contribution in [0.5, 0.6) is 0 Å². The number of anilines is 1. The second-order valence-electron chi connectivity index (χ2n) is 5.29. The smallest absolute Gasteiger partial charge is 0.274 e. The summed E-state index contributed by atoms with van der Waals surface area (Å²) in [6.45, 7) is 0.272. The summed E-state index contributed by atoms with van der Waals surface area (Å²) in [5, 5.41) is 19.2. The molecule has 2 aliphatic rings. The maximum absolute atomic E-state index is 11.9. The first kappa shape index (κ1) is 11.5. The summed E-state index contributed by atoms with van der Waals surface area (Å²) in [5.41, 5.74) is 7.49. The zero-order valence-electron chi connectivity index (χ0n) is 10.1. The highest BCUT2D eigenvalue weighted by atomic mass is 16.3. The largest absolute Gasteiger partial charge is 0.395 e. The Labute approximate surface area is 105 Å². The summed E-state index contributed by atoms with van der Waals surface area (Å²) in [6.07, 6.45) is 3.86. The molecule has 1 heterocycles. The highest BCUT2D eigenvalue weighted by Gasteiger charge is 2.32. The summed E-state index contributed by atoms with van der Waals surface area (Å²) in [4.78, 5) is 11.9. The zero-order chi connectivity index (χ0) is 12.7. The van der Waals surface area contributed by atoms with E-state index in [4.69, 9.17) is 5.73 Å². The predicted octanol–water partition coefficient (Wildman–Crippen LogP) is 0.370. The van der Waals surface area contributed by atoms with Crippen LogP contribution in [-0.4, -0.2) is 33.9 Å². The van der Waals surface area contributed by atoms with Gasteiger partial charge in [-0.2, -0.15) is 5.10 Å². The van der Waals surface area contributed by atoms with Crippen LogP contribution in [0, 0.1) is 5.92 Å². The first-order chi connectivity index (χ1) is 8.66. The molecule has 0 saturated heterocycles. The molecule has 1 aromatic heterocycles. The summed E-state index contributed by atoms with van der Waals surface area (Å²) in [7, 11) is 0. The Morgan fingerprint density at radius 1 is 1.50 bits per heavy atom. The Morgan fingerprint density at radius 3 is 2.83 bits per heavy atom. The third-order valence-corrected chi connectivity index (χ3v) is 3.67. The zero-order valence-corrected chi connectivity index (χ0v) is 10.1. The van der Waals surface area contributed by atoms with E-state index >= 15 is 0 Å². The van der Waals surface area contributed by atoms with Gasteiger partial charge >= 0.3 is 0 Å². The van der Waals surface area contributed by atoms with Crippen molar-refractivity contribution in [1.82, 2.24) is 15.5 Å². The topological polar surface area (TPSA) is 104 Å². The number of nitrogens with two attached hydrogens (primary N) is 1. The van der Waals surface area contributed by atoms with Crippen molar-refractivity contribution in [3.8, 4) is 0 Å². The van der Waals surface area contributed by atoms with E-state index in [2.05, 4.69) is 15.5 Å². The van der Waals surface area contributed by atoms with Gasteiger partial charge in [-0.3, -0.25) is 9.89 Å². The minimum atomic E-state index is -0.447. The number of aliphatic hydroxyl groups is 1. The number of aliphatic hydroxyl groups excluding tert-OH is 1. The summed E-state index contributed by atoms with van der Waals surface area (Å²) in [5.74, 6) is 0.482. The van der Waals surface area contributed by atoms with Crippen molar-refractivity contribution >= 4 is 11.6 Å². The van der Waals surface area contributed by atoms with E-state index in [1.807, 2.05) is 0 Å². The molecule has 0 spiro atoms. The van der Waals surface area contributed by atoms with Crippen molar-refractivity contribution in [1.29, 1.82) is 0 Å². The average molecular weight is 250 g/mol. The molecule has 5 N–H and O–H groups in total. The fraction of sp³-hybridized carbons (Fsp3) is 0.667. The lowest BCUT2D eigenvalue weighted by Crippen LogP contribution is -2.33. The molecule has 1 amide bonds. The van der Waals surface area contributed by atoms with Gasteiger partial charge in [-0.05, 0) is 31.6 Å². The lowest BCUT2D eigenvalue weighted by Gasteiger charge is -2.09. The van der Waals surface area contributed by atoms with Crippen LogP contribution < -0.4 is 11.1 Å². The Balaban J connectivity index is 1.60. The molecule has 2 aliphatic carbocycles. The van der Waals surface area contributed by atoms with Gasteiger partial charge in [0.1, 0.15) is 0 Å². The molecular formula is C12H18N4O2. The Hall–Kier alpha value is -1.56. The molecule has 6 heteroatoms. The molecule has 18 heavy (non-hydrogen) atoms. The van der Waals surface area contributed by atoms with Gasteiger partial charge in [-0.25, -0.2) is 0 Å². The average Bonchev–Trinajstić information content (AvgIpc) is 3.24. The Morgan fingerprint density at radius 2 is 2.22 bits per heavy atom. The minimum Gasteiger partial charge on any atom is -0.395 e. The molecule has 2 fully saturated rings. The van der Waals surface area contributed by atoms with Crippen molar-refractivity contribution in [2.45, 2.75) is 37.7 Å². The fourth-order valence-electron chi connectivity index (χ4n) is 2.15. The van der Waals surface area contributed by atoms with E-state index in [1.165, 1.54) is 0 Å². The highest BCUT2D eigenvalue weighted by molar-refractivity contribution is 5.97. The number of carbonyl (C=O) groups excluding carboxylic acids is 1. The van der Waals surface area contributed by atoms with E-state index in [1.54, 1.807) is 0 Å². The number of H-pyrrole nitrogens is 1. The first-order valence-electron chi connectivity index (χ1n) is 6.47. The van der Waals surface area contributed by atoms with Crippen molar-refractivity contribution in [2.24, 2.45) is 5.92 Å². The standard InChI is InChI=1S/C12H18N4O2/c13-9-10(7-3-4-7)15-16-11(9)12(18)14-5-8(17)6-1-2-6/h6-8,17H,1-5,13H2,(H,14,18)(H,15,16). The summed E-state index contributed by atoms with van der Waals surface area (Å²) >= 11 is 0. The molecular weight excluding hydrogens is 232 g/mol. The number of carbonyl (C=O) groups is 1. The van der Waals surface area contributed by atoms with Crippen molar-refractivity contribution < 1.29 is 9.90 Å². The highest BCUT2D eigenvalue weighted by Crippen LogP contribution is 2.42. The quantitative estimate of drug-likeness (QED) is 0.606. The summed E-state index contributed by atoms with van der Waals surface area (Å²) < 4.78 is 0. The molecule has 0 aromatic carbocycles. The number of rotatable bonds is 5. The SMILES string of the molecule is Nc1c(C(=O)NCC(O)C2CC2)n[nH]c1C1CC1. The Bertz CT molecular complexity index is 463. The van der Waals surface area contributed by atoms with E-state index in [0.29, 0.717) is 17.5 Å². The monoisotopic (exact) mass is 250 g/mol. The van der Waals surface area contributed by atoms with Crippen LogP contribution in [-0.2, 0) is 0 Å². The number of hydrogen-bond acceptors (Lipinski definition) is 4. The number of amides is 1. The second kappa shape index (κ2) is 4.28. The van der Waals surface area contributed by atoms with Crippen molar-refractivity contribution in [3.05, 3.63) is 11.4 Å². The van der Waals surface area contributed by atoms with Gasteiger partial charge in [-0.15, -0.1) is 0 Å². The molecule has 1 atom stereocenters. The molecule has 0 aliphatic heterocycles. The van der Waals surface area contributed by atoms with Gasteiger partial charge < -0.3 is 16.2 Å². The number of nitrogens with one attached hydrogen (secondary N) is 2. The van der Waals surface area contributed by atoms with Crippen LogP contribution >= 0.6 is 0 Å². The molecule has 6 nitrogen and oxygen atoms in total. The van der Waals surface area contributed by atoms with Crippen LogP contribution in [0.3, 0.4) is 0 Å². The maximum atomic E-state index is 11.9. The molecule has 0 bridgehead atoms. The second-order valence-corrected chi connectivity index (χ2v) is 5.29. The lowest BCUT2D eigenvalue weighted by atomic mass is 10.2. The van der Waals surface area contributed by atoms with E-state index in [-0.39, 0.29) is 18.1 Å². The number of nitrogen functional groups attached to an aromatic ring is 1. The fourth-order valence-corrected chi connectivity index (χ4v) is 2.15. The molecule has 2 saturated carbocycles. The number of aromatic amines is 1. The maximum Gasteiger partial charge on any atom is 0.274 e. The van der Waals surface area contributed by atoms with Gasteiger partial charge in [0.25, 0.3) is 5.91 Å². The van der Waals surface area contributed by atoms with Crippen LogP contribution in [0.4, 0.5) is 5.69 Å². The number of nitrogens with zero attached hydrogens (tertiary/aromatic N) is 1. The normalized spacial score (nSPS) is 20.7. The third kappa shape index (κ3) is 2.20. The predicted molar refractivity (Wildman–Crippen MR) is 66.0 cm³/mol. The van der Waals surface area contributed by atoms with Crippen LogP contribution in [0.15, 0.2) is 0 Å². The van der Waals surface area contributed by atoms with Crippen LogP contribution in [0.2, 0.25) is 0 Å². The van der Waals surface area contributed by atoms with E-state index < -0.39 is 6.10 Å². The van der Waals surface area contributed by atoms with Gasteiger partial charge in [0, 0.05) is 12.5 Å². The van der Waals surface area contributed by atoms with Gasteiger partial charge in [0.2, 0.25) is 0 Å². The lowest BCUT2D eigenvalue weighted by molar-refractivity contribution is 0.0897. The molecule has 98 valence electrons. The Kier molecular flexibility index (Phi) is 2.74. The molecule has 1 aromatic rings. The summed E-state index contributed by atoms with van der Waals surface area (Å²) in [6, 6.07) is 0. The van der Waals surface area contributed by atoms with Gasteiger partial charge in [0.05, 0.1) is 17.5 Å². The number of aromatic nitrogens is 2. The van der Waals surface area contributed by atoms with Crippen LogP contribution in [0.25, 0.3) is 0 Å². The molecule has 0 radical (unpaired) electrons. The first-order valence-corrected chi connectivity index (χ1v) is 6.47. The third-order valence-electron chi connectivity index (χ3n) is 3.67. The minimum absolute atomic E-state index is 0.250. The van der Waals surface area contributed by atoms with E-state index in [9.17, 15) is 9.90 Å².